The first-order valence-electron chi connectivity index (χ1n) is 5.24. The molecule has 0 saturated carbocycles. The summed E-state index contributed by atoms with van der Waals surface area (Å²) in [5.74, 6) is -0.806. The zero-order valence-electron chi connectivity index (χ0n) is 9.17. The first-order chi connectivity index (χ1) is 7.59. The highest BCUT2D eigenvalue weighted by Gasteiger charge is 2.43. The van der Waals surface area contributed by atoms with E-state index in [-0.39, 0.29) is 25.4 Å². The molecule has 0 aromatic heterocycles. The maximum Gasteiger partial charge on any atom is 0.338 e. The maximum absolute atomic E-state index is 11.1. The van der Waals surface area contributed by atoms with E-state index in [1.807, 2.05) is 0 Å². The van der Waals surface area contributed by atoms with E-state index in [1.165, 1.54) is 0 Å². The van der Waals surface area contributed by atoms with Crippen LogP contribution in [-0.4, -0.2) is 49.6 Å². The van der Waals surface area contributed by atoms with E-state index in [9.17, 15) is 9.59 Å². The third-order valence-electron chi connectivity index (χ3n) is 2.46. The second kappa shape index (κ2) is 4.39. The van der Waals surface area contributed by atoms with E-state index >= 15 is 0 Å². The molecule has 0 N–H and O–H groups in total. The molecule has 0 bridgehead atoms. The van der Waals surface area contributed by atoms with Gasteiger partial charge in [0.15, 0.2) is 12.2 Å². The van der Waals surface area contributed by atoms with Crippen LogP contribution in [0.3, 0.4) is 0 Å². The van der Waals surface area contributed by atoms with E-state index in [0.717, 1.165) is 0 Å². The number of carbonyl (C=O) groups is 2. The molecule has 2 saturated heterocycles. The van der Waals surface area contributed by atoms with Gasteiger partial charge in [-0.1, -0.05) is 0 Å². The Morgan fingerprint density at radius 3 is 1.50 bits per heavy atom. The number of epoxide rings is 2. The molecule has 2 fully saturated rings. The van der Waals surface area contributed by atoms with Gasteiger partial charge in [0.05, 0.1) is 12.2 Å². The second-order valence-electron chi connectivity index (χ2n) is 3.86. The lowest BCUT2D eigenvalue weighted by Gasteiger charge is -2.03. The zero-order chi connectivity index (χ0) is 11.7. The topological polar surface area (TPSA) is 77.7 Å². The lowest BCUT2D eigenvalue weighted by atomic mass is 10.3. The summed E-state index contributed by atoms with van der Waals surface area (Å²) in [6.45, 7) is 3.69. The highest BCUT2D eigenvalue weighted by molar-refractivity contribution is 5.78. The molecule has 6 nitrogen and oxygen atoms in total. The Morgan fingerprint density at radius 2 is 1.25 bits per heavy atom. The average Bonchev–Trinajstić information content (AvgIpc) is 3.11. The van der Waals surface area contributed by atoms with Crippen LogP contribution in [0.15, 0.2) is 0 Å². The van der Waals surface area contributed by atoms with Crippen LogP contribution in [0.5, 0.6) is 0 Å². The summed E-state index contributed by atoms with van der Waals surface area (Å²) >= 11 is 0. The first-order valence-corrected chi connectivity index (χ1v) is 5.24. The number of rotatable bonds is 5. The van der Waals surface area contributed by atoms with Gasteiger partial charge in [0.2, 0.25) is 0 Å². The molecule has 4 atom stereocenters. The molecule has 0 amide bonds. The molecule has 0 spiro atoms. The number of ether oxygens (including phenoxy) is 4. The van der Waals surface area contributed by atoms with Crippen LogP contribution in [0.4, 0.5) is 0 Å². The van der Waals surface area contributed by atoms with Gasteiger partial charge in [0, 0.05) is 0 Å². The molecule has 0 radical (unpaired) electrons. The normalized spacial score (nSPS) is 35.4. The maximum atomic E-state index is 11.1. The Kier molecular flexibility index (Phi) is 3.11. The van der Waals surface area contributed by atoms with Crippen molar-refractivity contribution in [1.29, 1.82) is 0 Å². The van der Waals surface area contributed by atoms with Crippen molar-refractivity contribution < 1.29 is 28.5 Å². The Labute approximate surface area is 92.8 Å². The summed E-state index contributed by atoms with van der Waals surface area (Å²) in [6.07, 6.45) is -1.00. The van der Waals surface area contributed by atoms with E-state index in [4.69, 9.17) is 18.9 Å². The van der Waals surface area contributed by atoms with Crippen molar-refractivity contribution in [2.75, 3.05) is 13.2 Å². The van der Waals surface area contributed by atoms with Crippen LogP contribution in [0, 0.1) is 0 Å². The molecular weight excluding hydrogens is 216 g/mol. The Balaban J connectivity index is 1.52. The zero-order valence-corrected chi connectivity index (χ0v) is 9.17. The monoisotopic (exact) mass is 230 g/mol. The van der Waals surface area contributed by atoms with Crippen molar-refractivity contribution in [1.82, 2.24) is 0 Å². The largest absolute Gasteiger partial charge is 0.460 e. The molecule has 6 heteroatoms. The predicted molar refractivity (Wildman–Crippen MR) is 50.6 cm³/mol. The molecule has 16 heavy (non-hydrogen) atoms. The number of hydrogen-bond acceptors (Lipinski definition) is 6. The van der Waals surface area contributed by atoms with Gasteiger partial charge < -0.3 is 18.9 Å². The average molecular weight is 230 g/mol. The van der Waals surface area contributed by atoms with E-state index in [1.54, 1.807) is 13.8 Å². The molecular formula is C10H14O6. The third kappa shape index (κ3) is 2.70. The quantitative estimate of drug-likeness (QED) is 0.365. The van der Waals surface area contributed by atoms with Crippen LogP contribution in [-0.2, 0) is 28.5 Å². The van der Waals surface area contributed by atoms with E-state index in [0.29, 0.717) is 0 Å². The van der Waals surface area contributed by atoms with Gasteiger partial charge in [-0.15, -0.1) is 0 Å². The van der Waals surface area contributed by atoms with Gasteiger partial charge in [-0.3, -0.25) is 0 Å². The summed E-state index contributed by atoms with van der Waals surface area (Å²) in [5, 5.41) is 0. The lowest BCUT2D eigenvalue weighted by Crippen LogP contribution is -2.20. The Bertz CT molecular complexity index is 272. The van der Waals surface area contributed by atoms with Gasteiger partial charge in [-0.2, -0.15) is 0 Å². The summed E-state index contributed by atoms with van der Waals surface area (Å²) < 4.78 is 19.5. The van der Waals surface area contributed by atoms with Crippen molar-refractivity contribution >= 4 is 11.9 Å². The molecule has 2 heterocycles. The van der Waals surface area contributed by atoms with Crippen molar-refractivity contribution in [3.8, 4) is 0 Å². The molecule has 2 aliphatic heterocycles. The first kappa shape index (κ1) is 11.3. The van der Waals surface area contributed by atoms with Gasteiger partial charge in [0.25, 0.3) is 0 Å². The van der Waals surface area contributed by atoms with Crippen molar-refractivity contribution in [2.24, 2.45) is 0 Å². The van der Waals surface area contributed by atoms with Crippen molar-refractivity contribution in [3.63, 3.8) is 0 Å². The minimum absolute atomic E-state index is 0.0538. The molecule has 2 rings (SSSR count). The number of carbonyl (C=O) groups excluding carboxylic acids is 2. The number of hydrogen-bond donors (Lipinski definition) is 0. The molecule has 90 valence electrons. The van der Waals surface area contributed by atoms with E-state index < -0.39 is 24.1 Å². The van der Waals surface area contributed by atoms with Crippen LogP contribution in [0.1, 0.15) is 13.8 Å². The van der Waals surface area contributed by atoms with Crippen LogP contribution in [0.25, 0.3) is 0 Å². The molecule has 2 aliphatic rings. The van der Waals surface area contributed by atoms with Gasteiger partial charge in [-0.05, 0) is 13.8 Å². The lowest BCUT2D eigenvalue weighted by molar-refractivity contribution is -0.153. The summed E-state index contributed by atoms with van der Waals surface area (Å²) in [7, 11) is 0. The summed E-state index contributed by atoms with van der Waals surface area (Å²) in [6, 6.07) is 0. The predicted octanol–water partition coefficient (Wildman–Crippen LogP) is -0.353. The Hall–Kier alpha value is -1.14. The fourth-order valence-electron chi connectivity index (χ4n) is 1.31. The minimum atomic E-state index is -0.442. The highest BCUT2D eigenvalue weighted by Crippen LogP contribution is 2.23. The summed E-state index contributed by atoms with van der Waals surface area (Å²) in [5.41, 5.74) is 0. The van der Waals surface area contributed by atoms with Crippen LogP contribution in [0.2, 0.25) is 0 Å². The molecule has 0 aromatic carbocycles. The molecule has 0 unspecified atom stereocenters. The summed E-state index contributed by atoms with van der Waals surface area (Å²) in [4.78, 5) is 22.3. The van der Waals surface area contributed by atoms with Crippen molar-refractivity contribution in [2.45, 2.75) is 38.3 Å². The third-order valence-corrected chi connectivity index (χ3v) is 2.46. The highest BCUT2D eigenvalue weighted by atomic mass is 16.7. The van der Waals surface area contributed by atoms with Gasteiger partial charge in [0.1, 0.15) is 13.2 Å². The number of esters is 2. The van der Waals surface area contributed by atoms with E-state index in [2.05, 4.69) is 0 Å². The van der Waals surface area contributed by atoms with Crippen LogP contribution >= 0.6 is 0 Å². The SMILES string of the molecule is C[C@@H]1O[C@@H]1C(=O)OCCOC(=O)[C@@H]1O[C@@H]1C. The fraction of sp³-hybridized carbons (Fsp3) is 0.800. The molecule has 0 aromatic rings. The Morgan fingerprint density at radius 1 is 0.938 bits per heavy atom. The fourth-order valence-corrected chi connectivity index (χ4v) is 1.31. The molecule has 0 aliphatic carbocycles. The van der Waals surface area contributed by atoms with Gasteiger partial charge in [-0.25, -0.2) is 9.59 Å². The van der Waals surface area contributed by atoms with Crippen LogP contribution < -0.4 is 0 Å². The smallest absolute Gasteiger partial charge is 0.338 e. The van der Waals surface area contributed by atoms with Gasteiger partial charge >= 0.3 is 11.9 Å². The minimum Gasteiger partial charge on any atom is -0.460 e. The van der Waals surface area contributed by atoms with Crippen molar-refractivity contribution in [3.05, 3.63) is 0 Å². The second-order valence-corrected chi connectivity index (χ2v) is 3.86. The standard InChI is InChI=1S/C10H14O6/c1-5-7(15-5)9(11)13-3-4-14-10(12)8-6(2)16-8/h5-8H,3-4H2,1-2H3/t5-,6+,7-,8+.